The lowest BCUT2D eigenvalue weighted by molar-refractivity contribution is 0.153. The Bertz CT molecular complexity index is 479. The SMILES string of the molecule is Nc1cccc(N2CCC3CN(C(=O)O)CC32)n1. The van der Waals surface area contributed by atoms with E-state index in [4.69, 9.17) is 10.8 Å². The van der Waals surface area contributed by atoms with Crippen molar-refractivity contribution in [1.29, 1.82) is 0 Å². The van der Waals surface area contributed by atoms with E-state index in [1.54, 1.807) is 6.07 Å². The molecule has 1 aromatic rings. The summed E-state index contributed by atoms with van der Waals surface area (Å²) in [6, 6.07) is 5.82. The third-order valence-corrected chi connectivity index (χ3v) is 3.87. The third-order valence-electron chi connectivity index (χ3n) is 3.87. The number of anilines is 2. The molecule has 2 aliphatic rings. The molecule has 0 spiro atoms. The zero-order valence-corrected chi connectivity index (χ0v) is 9.99. The summed E-state index contributed by atoms with van der Waals surface area (Å²) in [4.78, 5) is 19.0. The summed E-state index contributed by atoms with van der Waals surface area (Å²) in [5, 5.41) is 9.04. The molecule has 2 aliphatic heterocycles. The normalized spacial score (nSPS) is 26.4. The van der Waals surface area contributed by atoms with Gasteiger partial charge in [-0.1, -0.05) is 6.07 Å². The number of nitrogens with zero attached hydrogens (tertiary/aromatic N) is 3. The van der Waals surface area contributed by atoms with Gasteiger partial charge in [0.25, 0.3) is 0 Å². The highest BCUT2D eigenvalue weighted by molar-refractivity contribution is 5.66. The zero-order chi connectivity index (χ0) is 12.7. The largest absolute Gasteiger partial charge is 0.465 e. The van der Waals surface area contributed by atoms with E-state index in [1.165, 1.54) is 4.90 Å². The van der Waals surface area contributed by atoms with Gasteiger partial charge in [-0.3, -0.25) is 0 Å². The van der Waals surface area contributed by atoms with Crippen LogP contribution in [0.15, 0.2) is 18.2 Å². The van der Waals surface area contributed by atoms with Crippen molar-refractivity contribution in [2.24, 2.45) is 5.92 Å². The summed E-state index contributed by atoms with van der Waals surface area (Å²) in [5.74, 6) is 1.78. The van der Waals surface area contributed by atoms with Gasteiger partial charge in [-0.15, -0.1) is 0 Å². The Morgan fingerprint density at radius 2 is 2.28 bits per heavy atom. The van der Waals surface area contributed by atoms with Crippen LogP contribution in [0.4, 0.5) is 16.4 Å². The lowest BCUT2D eigenvalue weighted by atomic mass is 10.1. The van der Waals surface area contributed by atoms with Crippen molar-refractivity contribution in [2.45, 2.75) is 12.5 Å². The molecule has 6 heteroatoms. The van der Waals surface area contributed by atoms with Gasteiger partial charge in [-0.25, -0.2) is 9.78 Å². The number of carbonyl (C=O) groups is 1. The number of carboxylic acid groups (broad SMARTS) is 1. The van der Waals surface area contributed by atoms with Crippen molar-refractivity contribution in [3.8, 4) is 0 Å². The van der Waals surface area contributed by atoms with Crippen LogP contribution in [0.25, 0.3) is 0 Å². The van der Waals surface area contributed by atoms with E-state index >= 15 is 0 Å². The van der Waals surface area contributed by atoms with Crippen LogP contribution in [0.2, 0.25) is 0 Å². The summed E-state index contributed by atoms with van der Waals surface area (Å²) >= 11 is 0. The molecular formula is C12H16N4O2. The Balaban J connectivity index is 1.81. The van der Waals surface area contributed by atoms with E-state index in [1.807, 2.05) is 12.1 Å². The second-order valence-corrected chi connectivity index (χ2v) is 4.92. The summed E-state index contributed by atoms with van der Waals surface area (Å²) < 4.78 is 0. The Hall–Kier alpha value is -1.98. The smallest absolute Gasteiger partial charge is 0.407 e. The van der Waals surface area contributed by atoms with Gasteiger partial charge in [0.15, 0.2) is 0 Å². The number of likely N-dealkylation sites (tertiary alicyclic amines) is 1. The molecule has 96 valence electrons. The van der Waals surface area contributed by atoms with Gasteiger partial charge >= 0.3 is 6.09 Å². The van der Waals surface area contributed by atoms with Crippen molar-refractivity contribution in [3.63, 3.8) is 0 Å². The van der Waals surface area contributed by atoms with Crippen molar-refractivity contribution in [1.82, 2.24) is 9.88 Å². The first kappa shape index (κ1) is 11.1. The van der Waals surface area contributed by atoms with Gasteiger partial charge < -0.3 is 20.6 Å². The van der Waals surface area contributed by atoms with E-state index < -0.39 is 6.09 Å². The molecule has 18 heavy (non-hydrogen) atoms. The third kappa shape index (κ3) is 1.73. The number of nitrogens with two attached hydrogens (primary N) is 1. The highest BCUT2D eigenvalue weighted by atomic mass is 16.4. The summed E-state index contributed by atoms with van der Waals surface area (Å²) in [6.45, 7) is 2.13. The van der Waals surface area contributed by atoms with Crippen LogP contribution in [-0.4, -0.2) is 46.8 Å². The summed E-state index contributed by atoms with van der Waals surface area (Å²) in [5.41, 5.74) is 5.70. The molecule has 3 heterocycles. The molecule has 1 amide bonds. The predicted molar refractivity (Wildman–Crippen MR) is 67.5 cm³/mol. The first-order valence-corrected chi connectivity index (χ1v) is 6.12. The van der Waals surface area contributed by atoms with Crippen LogP contribution in [0.1, 0.15) is 6.42 Å². The molecule has 0 bridgehead atoms. The Kier molecular flexibility index (Phi) is 2.50. The average Bonchev–Trinajstić information content (AvgIpc) is 2.87. The van der Waals surface area contributed by atoms with Gasteiger partial charge in [-0.05, 0) is 18.6 Å². The molecular weight excluding hydrogens is 232 g/mol. The second-order valence-electron chi connectivity index (χ2n) is 4.92. The van der Waals surface area contributed by atoms with Crippen LogP contribution in [0.3, 0.4) is 0 Å². The summed E-state index contributed by atoms with van der Waals surface area (Å²) in [6.07, 6.45) is 0.190. The molecule has 6 nitrogen and oxygen atoms in total. The standard InChI is InChI=1S/C12H16N4O2/c13-10-2-1-3-11(14-10)16-5-4-8-6-15(12(17)18)7-9(8)16/h1-3,8-9H,4-7H2,(H2,13,14)(H,17,18). The average molecular weight is 248 g/mol. The lowest BCUT2D eigenvalue weighted by Gasteiger charge is -2.25. The van der Waals surface area contributed by atoms with E-state index in [9.17, 15) is 4.79 Å². The summed E-state index contributed by atoms with van der Waals surface area (Å²) in [7, 11) is 0. The molecule has 0 radical (unpaired) electrons. The number of hydrogen-bond acceptors (Lipinski definition) is 4. The molecule has 1 aromatic heterocycles. The molecule has 2 fully saturated rings. The van der Waals surface area contributed by atoms with Crippen LogP contribution in [0, 0.1) is 5.92 Å². The van der Waals surface area contributed by atoms with E-state index in [0.717, 1.165) is 18.8 Å². The zero-order valence-electron chi connectivity index (χ0n) is 9.99. The number of amides is 1. The molecule has 3 rings (SSSR count). The van der Waals surface area contributed by atoms with Crippen molar-refractivity contribution < 1.29 is 9.90 Å². The van der Waals surface area contributed by atoms with E-state index in [-0.39, 0.29) is 6.04 Å². The van der Waals surface area contributed by atoms with Crippen molar-refractivity contribution in [3.05, 3.63) is 18.2 Å². The molecule has 0 saturated carbocycles. The fourth-order valence-corrected chi connectivity index (χ4v) is 3.00. The highest BCUT2D eigenvalue weighted by Crippen LogP contribution is 2.34. The van der Waals surface area contributed by atoms with Gasteiger partial charge in [0.2, 0.25) is 0 Å². The number of fused-ring (bicyclic) bond motifs is 1. The van der Waals surface area contributed by atoms with Crippen LogP contribution in [0.5, 0.6) is 0 Å². The molecule has 0 aromatic carbocycles. The predicted octanol–water partition coefficient (Wildman–Crippen LogP) is 0.852. The molecule has 2 saturated heterocycles. The topological polar surface area (TPSA) is 82.7 Å². The number of aromatic nitrogens is 1. The number of nitrogen functional groups attached to an aromatic ring is 1. The van der Waals surface area contributed by atoms with Crippen LogP contribution < -0.4 is 10.6 Å². The minimum Gasteiger partial charge on any atom is -0.465 e. The molecule has 0 aliphatic carbocycles. The van der Waals surface area contributed by atoms with Gasteiger partial charge in [0.1, 0.15) is 11.6 Å². The number of hydrogen-bond donors (Lipinski definition) is 2. The van der Waals surface area contributed by atoms with E-state index in [0.29, 0.717) is 24.8 Å². The Morgan fingerprint density at radius 3 is 3.00 bits per heavy atom. The molecule has 3 N–H and O–H groups in total. The maximum atomic E-state index is 11.0. The minimum atomic E-state index is -0.829. The van der Waals surface area contributed by atoms with Gasteiger partial charge in [-0.2, -0.15) is 0 Å². The molecule has 2 atom stereocenters. The quantitative estimate of drug-likeness (QED) is 0.770. The second kappa shape index (κ2) is 4.04. The highest BCUT2D eigenvalue weighted by Gasteiger charge is 2.43. The first-order chi connectivity index (χ1) is 8.65. The van der Waals surface area contributed by atoms with E-state index in [2.05, 4.69) is 9.88 Å². The Labute approximate surface area is 105 Å². The number of pyridine rings is 1. The fourth-order valence-electron chi connectivity index (χ4n) is 3.00. The minimum absolute atomic E-state index is 0.246. The van der Waals surface area contributed by atoms with Crippen molar-refractivity contribution in [2.75, 3.05) is 30.3 Å². The first-order valence-electron chi connectivity index (χ1n) is 6.12. The van der Waals surface area contributed by atoms with Crippen molar-refractivity contribution >= 4 is 17.7 Å². The van der Waals surface area contributed by atoms with Crippen LogP contribution >= 0.6 is 0 Å². The Morgan fingerprint density at radius 1 is 1.44 bits per heavy atom. The van der Waals surface area contributed by atoms with Crippen LogP contribution in [-0.2, 0) is 0 Å². The number of rotatable bonds is 1. The molecule has 2 unspecified atom stereocenters. The maximum absolute atomic E-state index is 11.0. The fraction of sp³-hybridized carbons (Fsp3) is 0.500. The van der Waals surface area contributed by atoms with Gasteiger partial charge in [0.05, 0.1) is 6.04 Å². The maximum Gasteiger partial charge on any atom is 0.407 e. The monoisotopic (exact) mass is 248 g/mol. The lowest BCUT2D eigenvalue weighted by Crippen LogP contribution is -2.37. The van der Waals surface area contributed by atoms with Gasteiger partial charge in [0, 0.05) is 25.6 Å².